The molecular weight excluding hydrogens is 454 g/mol. The maximum Gasteiger partial charge on any atom is 0.212 e. The predicted molar refractivity (Wildman–Crippen MR) is 132 cm³/mol. The number of unbranched alkanes of at least 4 members (excludes halogenated alkanes) is 1. The lowest BCUT2D eigenvalue weighted by molar-refractivity contribution is -0.128. The molecule has 2 heterocycles. The van der Waals surface area contributed by atoms with Crippen molar-refractivity contribution in [3.63, 3.8) is 0 Å². The molecule has 9 nitrogen and oxygen atoms in total. The van der Waals surface area contributed by atoms with E-state index in [1.807, 2.05) is 13.8 Å². The Bertz CT molecular complexity index is 1190. The van der Waals surface area contributed by atoms with E-state index >= 15 is 0 Å². The van der Waals surface area contributed by atoms with Gasteiger partial charge in [-0.25, -0.2) is 23.1 Å². The van der Waals surface area contributed by atoms with E-state index in [9.17, 15) is 13.2 Å². The molecule has 10 heteroatoms. The summed E-state index contributed by atoms with van der Waals surface area (Å²) >= 11 is 0. The van der Waals surface area contributed by atoms with Gasteiger partial charge in [-0.3, -0.25) is 4.79 Å². The number of hydrogen-bond donors (Lipinski definition) is 2. The summed E-state index contributed by atoms with van der Waals surface area (Å²) in [5, 5.41) is 0. The molecule has 2 saturated carbocycles. The van der Waals surface area contributed by atoms with E-state index in [0.717, 1.165) is 29.7 Å². The second-order valence-corrected chi connectivity index (χ2v) is 12.2. The number of carbonyl (C=O) groups is 1. The number of Topliss-reactive ketones (excluding diaryl/α,β-unsaturated/α-hetero) is 1. The van der Waals surface area contributed by atoms with Gasteiger partial charge in [0.25, 0.3) is 0 Å². The number of nitrogen functional groups attached to an aromatic ring is 1. The van der Waals surface area contributed by atoms with Crippen LogP contribution >= 0.6 is 0 Å². The van der Waals surface area contributed by atoms with Crippen molar-refractivity contribution in [1.29, 1.82) is 0 Å². The Hall–Kier alpha value is -2.04. The highest BCUT2D eigenvalue weighted by Crippen LogP contribution is 2.64. The minimum atomic E-state index is -3.55. The second kappa shape index (κ2) is 9.20. The van der Waals surface area contributed by atoms with Crippen molar-refractivity contribution in [3.05, 3.63) is 17.6 Å². The van der Waals surface area contributed by atoms with Gasteiger partial charge in [-0.15, -0.1) is 0 Å². The summed E-state index contributed by atoms with van der Waals surface area (Å²) in [6.45, 7) is 10.0. The van der Waals surface area contributed by atoms with Crippen LogP contribution in [-0.2, 0) is 32.7 Å². The topological polar surface area (TPSA) is 129 Å². The SMILES string of the molecule is CCOCc1nc2c(N)ncc(C)c2n1CCCCNS(=O)(=O)CC12CCC(CC1=O)C2(C)C. The molecule has 2 aromatic rings. The van der Waals surface area contributed by atoms with E-state index in [1.54, 1.807) is 6.20 Å². The van der Waals surface area contributed by atoms with E-state index in [4.69, 9.17) is 10.5 Å². The average molecular weight is 492 g/mol. The molecule has 0 radical (unpaired) electrons. The van der Waals surface area contributed by atoms with Crippen LogP contribution in [0.2, 0.25) is 0 Å². The fourth-order valence-electron chi connectivity index (χ4n) is 6.02. The van der Waals surface area contributed by atoms with Gasteiger partial charge in [-0.2, -0.15) is 0 Å². The third-order valence-corrected chi connectivity index (χ3v) is 9.72. The van der Waals surface area contributed by atoms with Gasteiger partial charge in [-0.1, -0.05) is 13.8 Å². The maximum atomic E-state index is 12.9. The number of sulfonamides is 1. The summed E-state index contributed by atoms with van der Waals surface area (Å²) in [6, 6.07) is 0. The van der Waals surface area contributed by atoms with Crippen LogP contribution in [0.15, 0.2) is 6.20 Å². The summed E-state index contributed by atoms with van der Waals surface area (Å²) in [7, 11) is -3.55. The van der Waals surface area contributed by atoms with Crippen LogP contribution in [0.1, 0.15) is 64.3 Å². The molecule has 4 rings (SSSR count). The van der Waals surface area contributed by atoms with Crippen LogP contribution in [0.25, 0.3) is 11.0 Å². The zero-order valence-electron chi connectivity index (χ0n) is 20.7. The van der Waals surface area contributed by atoms with E-state index in [0.29, 0.717) is 62.8 Å². The lowest BCUT2D eigenvalue weighted by atomic mass is 9.70. The van der Waals surface area contributed by atoms with E-state index in [-0.39, 0.29) is 17.0 Å². The van der Waals surface area contributed by atoms with Crippen molar-refractivity contribution in [2.24, 2.45) is 16.7 Å². The monoisotopic (exact) mass is 491 g/mol. The third-order valence-electron chi connectivity index (χ3n) is 8.20. The molecule has 2 bridgehead atoms. The number of anilines is 1. The highest BCUT2D eigenvalue weighted by Gasteiger charge is 2.65. The maximum absolute atomic E-state index is 12.9. The molecule has 0 aliphatic heterocycles. The van der Waals surface area contributed by atoms with E-state index in [2.05, 4.69) is 33.1 Å². The van der Waals surface area contributed by atoms with Gasteiger partial charge in [0, 0.05) is 37.7 Å². The minimum Gasteiger partial charge on any atom is -0.382 e. The minimum absolute atomic E-state index is 0.0987. The van der Waals surface area contributed by atoms with Gasteiger partial charge in [-0.05, 0) is 56.4 Å². The first kappa shape index (κ1) is 25.1. The van der Waals surface area contributed by atoms with Crippen molar-refractivity contribution >= 4 is 32.7 Å². The fraction of sp³-hybridized carbons (Fsp3) is 0.708. The Balaban J connectivity index is 1.38. The molecule has 0 aromatic carbocycles. The van der Waals surface area contributed by atoms with Crippen LogP contribution in [-0.4, -0.2) is 47.6 Å². The van der Waals surface area contributed by atoms with Crippen molar-refractivity contribution in [3.8, 4) is 0 Å². The number of ether oxygens (including phenoxy) is 1. The number of fused-ring (bicyclic) bond motifs is 3. The number of rotatable bonds is 11. The molecule has 188 valence electrons. The largest absolute Gasteiger partial charge is 0.382 e. The molecule has 2 fully saturated rings. The molecule has 2 aliphatic carbocycles. The third kappa shape index (κ3) is 4.24. The number of carbonyl (C=O) groups excluding carboxylic acids is 1. The van der Waals surface area contributed by atoms with Crippen LogP contribution in [0.4, 0.5) is 5.82 Å². The smallest absolute Gasteiger partial charge is 0.212 e. The first-order chi connectivity index (χ1) is 16.0. The fourth-order valence-corrected chi connectivity index (χ4v) is 7.90. The van der Waals surface area contributed by atoms with E-state index in [1.165, 1.54) is 0 Å². The zero-order valence-corrected chi connectivity index (χ0v) is 21.5. The van der Waals surface area contributed by atoms with Gasteiger partial charge in [0.05, 0.1) is 11.3 Å². The summed E-state index contributed by atoms with van der Waals surface area (Å²) in [5.41, 5.74) is 7.66. The molecule has 0 amide bonds. The molecule has 0 spiro atoms. The number of pyridine rings is 1. The van der Waals surface area contributed by atoms with Gasteiger partial charge < -0.3 is 15.0 Å². The van der Waals surface area contributed by atoms with Crippen molar-refractivity contribution < 1.29 is 17.9 Å². The highest BCUT2D eigenvalue weighted by molar-refractivity contribution is 7.89. The Labute approximate surface area is 201 Å². The molecule has 34 heavy (non-hydrogen) atoms. The highest BCUT2D eigenvalue weighted by atomic mass is 32.2. The van der Waals surface area contributed by atoms with Gasteiger partial charge >= 0.3 is 0 Å². The second-order valence-electron chi connectivity index (χ2n) is 10.4. The number of aryl methyl sites for hydroxylation is 2. The van der Waals surface area contributed by atoms with E-state index < -0.39 is 15.4 Å². The zero-order chi connectivity index (χ0) is 24.7. The Morgan fingerprint density at radius 1 is 1.32 bits per heavy atom. The van der Waals surface area contributed by atoms with Crippen molar-refractivity contribution in [2.75, 3.05) is 24.6 Å². The number of aromatic nitrogens is 3. The Kier molecular flexibility index (Phi) is 6.78. The molecule has 2 atom stereocenters. The quantitative estimate of drug-likeness (QED) is 0.462. The molecule has 2 aliphatic rings. The summed E-state index contributed by atoms with van der Waals surface area (Å²) < 4.78 is 36.3. The standard InChI is InChI=1S/C24H37N5O4S/c1-5-33-14-19-28-20-21(16(2)13-26-22(20)25)29(19)11-7-6-10-27-34(31,32)15-24-9-8-17(12-18(24)30)23(24,3)4/h13,17,27H,5-12,14-15H2,1-4H3,(H2,25,26). The molecule has 0 saturated heterocycles. The summed E-state index contributed by atoms with van der Waals surface area (Å²) in [5.74, 6) is 1.51. The van der Waals surface area contributed by atoms with Crippen LogP contribution < -0.4 is 10.5 Å². The lowest BCUT2D eigenvalue weighted by Gasteiger charge is -2.36. The molecule has 2 unspecified atom stereocenters. The van der Waals surface area contributed by atoms with Crippen molar-refractivity contribution in [2.45, 2.75) is 73.0 Å². The number of nitrogens with one attached hydrogen (secondary N) is 1. The van der Waals surface area contributed by atoms with Gasteiger partial charge in [0.15, 0.2) is 5.82 Å². The molecule has 2 aromatic heterocycles. The van der Waals surface area contributed by atoms with Crippen LogP contribution in [0.5, 0.6) is 0 Å². The predicted octanol–water partition coefficient (Wildman–Crippen LogP) is 2.95. The molecule has 3 N–H and O–H groups in total. The number of nitrogens with zero attached hydrogens (tertiary/aromatic N) is 3. The lowest BCUT2D eigenvalue weighted by Crippen LogP contribution is -2.45. The first-order valence-corrected chi connectivity index (χ1v) is 13.9. The van der Waals surface area contributed by atoms with Crippen LogP contribution in [0, 0.1) is 23.7 Å². The number of imidazole rings is 1. The van der Waals surface area contributed by atoms with Crippen molar-refractivity contribution in [1.82, 2.24) is 19.3 Å². The first-order valence-electron chi connectivity index (χ1n) is 12.2. The Morgan fingerprint density at radius 3 is 2.74 bits per heavy atom. The van der Waals surface area contributed by atoms with Gasteiger partial charge in [0.1, 0.15) is 23.7 Å². The van der Waals surface area contributed by atoms with Crippen LogP contribution in [0.3, 0.4) is 0 Å². The normalized spacial score (nSPS) is 23.9. The number of hydrogen-bond acceptors (Lipinski definition) is 7. The number of nitrogens with two attached hydrogens (primary N) is 1. The number of ketones is 1. The summed E-state index contributed by atoms with van der Waals surface area (Å²) in [4.78, 5) is 21.6. The molecular formula is C24H37N5O4S. The Morgan fingerprint density at radius 2 is 2.09 bits per heavy atom. The summed E-state index contributed by atoms with van der Waals surface area (Å²) in [6.07, 6.45) is 5.30. The van der Waals surface area contributed by atoms with Gasteiger partial charge in [0.2, 0.25) is 10.0 Å². The average Bonchev–Trinajstić information content (AvgIpc) is 3.31.